The molecule has 1 saturated heterocycles. The lowest BCUT2D eigenvalue weighted by atomic mass is 10.0. The van der Waals surface area contributed by atoms with E-state index in [0.717, 1.165) is 18.4 Å². The molecule has 7 heteroatoms. The first kappa shape index (κ1) is 19.0. The Hall–Kier alpha value is -1.30. The Labute approximate surface area is 143 Å². The highest BCUT2D eigenvalue weighted by atomic mass is 31.1. The van der Waals surface area contributed by atoms with Gasteiger partial charge in [0.15, 0.2) is 5.29 Å². The van der Waals surface area contributed by atoms with Crippen molar-refractivity contribution in [3.8, 4) is 0 Å². The molecule has 0 amide bonds. The molecule has 6 nitrogen and oxygen atoms in total. The molecule has 2 rings (SSSR count). The molecule has 1 heterocycles. The summed E-state index contributed by atoms with van der Waals surface area (Å²) < 4.78 is 5.80. The van der Waals surface area contributed by atoms with Crippen LogP contribution in [0.2, 0.25) is 0 Å². The molecule has 1 aliphatic rings. The number of carbonyl (C=O) groups is 1. The lowest BCUT2D eigenvalue weighted by Gasteiger charge is -2.30. The van der Waals surface area contributed by atoms with Gasteiger partial charge in [-0.1, -0.05) is 25.5 Å². The van der Waals surface area contributed by atoms with Crippen molar-refractivity contribution in [3.63, 3.8) is 0 Å². The quantitative estimate of drug-likeness (QED) is 0.639. The van der Waals surface area contributed by atoms with Crippen LogP contribution in [0.3, 0.4) is 0 Å². The Balaban J connectivity index is 1.92. The Morgan fingerprint density at radius 2 is 2.29 bits per heavy atom. The third-order valence-corrected chi connectivity index (χ3v) is 5.15. The number of carboxylic acids is 1. The summed E-state index contributed by atoms with van der Waals surface area (Å²) in [5.74, 6) is -0.938. The van der Waals surface area contributed by atoms with Crippen LogP contribution in [0.5, 0.6) is 0 Å². The van der Waals surface area contributed by atoms with Gasteiger partial charge in [-0.2, -0.15) is 4.89 Å². The van der Waals surface area contributed by atoms with Crippen LogP contribution in [-0.2, 0) is 11.2 Å². The molecule has 1 fully saturated rings. The van der Waals surface area contributed by atoms with Crippen molar-refractivity contribution in [3.05, 3.63) is 35.4 Å². The summed E-state index contributed by atoms with van der Waals surface area (Å²) >= 11 is 0. The van der Waals surface area contributed by atoms with E-state index in [0.29, 0.717) is 31.3 Å². The van der Waals surface area contributed by atoms with Crippen molar-refractivity contribution in [2.75, 3.05) is 13.2 Å². The van der Waals surface area contributed by atoms with Gasteiger partial charge in [-0.15, -0.1) is 0 Å². The van der Waals surface area contributed by atoms with Gasteiger partial charge in [-0.3, -0.25) is 0 Å². The van der Waals surface area contributed by atoms with Crippen molar-refractivity contribution in [1.29, 1.82) is 0 Å². The second-order valence-corrected chi connectivity index (χ2v) is 7.12. The first-order valence-corrected chi connectivity index (χ1v) is 9.41. The summed E-state index contributed by atoms with van der Waals surface area (Å²) in [5, 5.41) is 13.0. The Bertz CT molecular complexity index is 592. The summed E-state index contributed by atoms with van der Waals surface area (Å²) in [6.45, 7) is 2.98. The normalized spacial score (nSPS) is 22.1. The number of rotatable bonds is 7. The Morgan fingerprint density at radius 3 is 2.88 bits per heavy atom. The summed E-state index contributed by atoms with van der Waals surface area (Å²) in [6.07, 6.45) is 2.78. The van der Waals surface area contributed by atoms with Crippen LogP contribution < -0.4 is 10.2 Å². The fraction of sp³-hybridized carbons (Fsp3) is 0.529. The molecule has 3 atom stereocenters. The second kappa shape index (κ2) is 9.25. The van der Waals surface area contributed by atoms with Gasteiger partial charge in [-0.25, -0.2) is 4.79 Å². The smallest absolute Gasteiger partial charge is 0.335 e. The van der Waals surface area contributed by atoms with E-state index in [1.807, 2.05) is 13.0 Å². The van der Waals surface area contributed by atoms with Gasteiger partial charge < -0.3 is 20.1 Å². The minimum Gasteiger partial charge on any atom is -0.603 e. The van der Waals surface area contributed by atoms with Gasteiger partial charge in [0.25, 0.3) is 0 Å². The largest absolute Gasteiger partial charge is 0.603 e. The molecule has 1 unspecified atom stereocenters. The number of ether oxygens (including phenoxy) is 1. The maximum atomic E-state index is 11.5. The van der Waals surface area contributed by atoms with Crippen molar-refractivity contribution in [2.24, 2.45) is 0 Å². The van der Waals surface area contributed by atoms with Gasteiger partial charge >= 0.3 is 5.97 Å². The number of carboxylic acid groups (broad SMARTS) is 1. The number of aromatic carboxylic acids is 1. The predicted octanol–water partition coefficient (Wildman–Crippen LogP) is 1.31. The van der Waals surface area contributed by atoms with E-state index < -0.39 is 14.0 Å². The average Bonchev–Trinajstić information content (AvgIpc) is 2.56. The SMILES string of the molecule is CCCCC([C@H]1CN[C@H](Cc2cccc(C(=O)O)c2)CO1)=[P+]([O-])O. The maximum Gasteiger partial charge on any atom is 0.335 e. The third-order valence-electron chi connectivity index (χ3n) is 4.15. The molecule has 0 aromatic heterocycles. The molecule has 3 N–H and O–H groups in total. The molecular weight excluding hydrogens is 329 g/mol. The van der Waals surface area contributed by atoms with Crippen molar-refractivity contribution < 1.29 is 24.4 Å². The molecule has 1 aliphatic heterocycles. The Kier molecular flexibility index (Phi) is 7.34. The van der Waals surface area contributed by atoms with Gasteiger partial charge in [0.05, 0.1) is 12.2 Å². The number of hydrogen-bond acceptors (Lipinski definition) is 5. The molecule has 1 aromatic carbocycles. The Morgan fingerprint density at radius 1 is 1.50 bits per heavy atom. The van der Waals surface area contributed by atoms with Gasteiger partial charge in [-0.05, 0) is 30.5 Å². The van der Waals surface area contributed by atoms with E-state index in [9.17, 15) is 14.6 Å². The molecule has 0 spiro atoms. The maximum absolute atomic E-state index is 11.5. The van der Waals surface area contributed by atoms with Crippen molar-refractivity contribution in [2.45, 2.75) is 44.8 Å². The lowest BCUT2D eigenvalue weighted by Crippen LogP contribution is -2.50. The summed E-state index contributed by atoms with van der Waals surface area (Å²) in [6, 6.07) is 6.93. The zero-order valence-corrected chi connectivity index (χ0v) is 14.7. The molecule has 0 radical (unpaired) electrons. The van der Waals surface area contributed by atoms with Crippen LogP contribution in [0.1, 0.15) is 42.1 Å². The first-order valence-electron chi connectivity index (χ1n) is 8.20. The highest BCUT2D eigenvalue weighted by Gasteiger charge is 2.29. The van der Waals surface area contributed by atoms with Crippen LogP contribution in [-0.4, -0.2) is 46.6 Å². The number of nitrogens with one attached hydrogen (secondary N) is 1. The monoisotopic (exact) mass is 353 g/mol. The highest BCUT2D eigenvalue weighted by molar-refractivity contribution is 7.46. The molecule has 0 aliphatic carbocycles. The number of benzene rings is 1. The van der Waals surface area contributed by atoms with Gasteiger partial charge in [0, 0.05) is 19.0 Å². The van der Waals surface area contributed by atoms with E-state index in [1.165, 1.54) is 0 Å². The van der Waals surface area contributed by atoms with Crippen LogP contribution in [0.15, 0.2) is 24.3 Å². The number of hydrogen-bond donors (Lipinski definition) is 3. The third kappa shape index (κ3) is 5.36. The van der Waals surface area contributed by atoms with Gasteiger partial charge in [0.2, 0.25) is 8.00 Å². The molecule has 132 valence electrons. The number of unbranched alkanes of at least 4 members (excludes halogenated alkanes) is 1. The lowest BCUT2D eigenvalue weighted by molar-refractivity contribution is -0.168. The van der Waals surface area contributed by atoms with Crippen molar-refractivity contribution >= 4 is 19.3 Å². The predicted molar refractivity (Wildman–Crippen MR) is 92.3 cm³/mol. The minimum absolute atomic E-state index is 0.0642. The highest BCUT2D eigenvalue weighted by Crippen LogP contribution is 2.19. The average molecular weight is 353 g/mol. The zero-order chi connectivity index (χ0) is 17.5. The summed E-state index contributed by atoms with van der Waals surface area (Å²) in [4.78, 5) is 32.0. The van der Waals surface area contributed by atoms with Gasteiger partial charge in [0.1, 0.15) is 6.10 Å². The van der Waals surface area contributed by atoms with Crippen LogP contribution >= 0.6 is 8.00 Å². The molecule has 0 bridgehead atoms. The molecular formula is C17H24NO5P. The fourth-order valence-corrected chi connectivity index (χ4v) is 3.58. The summed E-state index contributed by atoms with van der Waals surface area (Å²) in [7, 11) is -2.34. The molecule has 1 aromatic rings. The zero-order valence-electron chi connectivity index (χ0n) is 13.8. The van der Waals surface area contributed by atoms with E-state index in [4.69, 9.17) is 9.84 Å². The minimum atomic E-state index is -2.34. The molecule has 24 heavy (non-hydrogen) atoms. The van der Waals surface area contributed by atoms with E-state index >= 15 is 0 Å². The molecule has 0 saturated carbocycles. The standard InChI is InChI=1S/C17H24NO5P/c1-2-3-7-16(24(21)22)15-10-18-14(11-23-15)9-12-5-4-6-13(8-12)17(19)20/h4-6,8,14-15,18H,2-3,7,9-11H2,1H3,(H,19,20)(H,21,22)/t14-,15-/m1/s1. The van der Waals surface area contributed by atoms with Crippen molar-refractivity contribution in [1.82, 2.24) is 5.32 Å². The first-order chi connectivity index (χ1) is 11.5. The van der Waals surface area contributed by atoms with E-state index in [2.05, 4.69) is 5.32 Å². The number of morpholine rings is 1. The summed E-state index contributed by atoms with van der Waals surface area (Å²) in [5.41, 5.74) is 1.20. The van der Waals surface area contributed by atoms with Crippen LogP contribution in [0.25, 0.3) is 0 Å². The van der Waals surface area contributed by atoms with Crippen LogP contribution in [0, 0.1) is 0 Å². The fourth-order valence-electron chi connectivity index (χ4n) is 2.82. The van der Waals surface area contributed by atoms with E-state index in [-0.39, 0.29) is 17.7 Å². The van der Waals surface area contributed by atoms with Crippen LogP contribution in [0.4, 0.5) is 0 Å². The topological polar surface area (TPSA) is 102 Å². The van der Waals surface area contributed by atoms with E-state index in [1.54, 1.807) is 18.2 Å². The second-order valence-electron chi connectivity index (χ2n) is 6.00.